The molecular weight excluding hydrogens is 262 g/mol. The lowest BCUT2D eigenvalue weighted by Gasteiger charge is -2.47. The van der Waals surface area contributed by atoms with Gasteiger partial charge < -0.3 is 4.90 Å². The Morgan fingerprint density at radius 1 is 1.19 bits per heavy atom. The molecule has 2 aliphatic rings. The lowest BCUT2D eigenvalue weighted by atomic mass is 9.69. The maximum atomic E-state index is 3.72. The molecule has 2 atom stereocenters. The molecule has 0 saturated heterocycles. The van der Waals surface area contributed by atoms with Gasteiger partial charge in [0.1, 0.15) is 0 Å². The molecule has 2 fully saturated rings. The largest absolute Gasteiger partial charge is 0.303 e. The molecular formula is C14H26BrN. The summed E-state index contributed by atoms with van der Waals surface area (Å²) in [6, 6.07) is 0.852. The summed E-state index contributed by atoms with van der Waals surface area (Å²) in [4.78, 5) is 2.67. The summed E-state index contributed by atoms with van der Waals surface area (Å²) in [5.41, 5.74) is 0.617. The molecule has 2 unspecified atom stereocenters. The fraction of sp³-hybridized carbons (Fsp3) is 1.00. The first-order valence-electron chi connectivity index (χ1n) is 6.93. The molecule has 94 valence electrons. The Morgan fingerprint density at radius 2 is 1.88 bits per heavy atom. The lowest BCUT2D eigenvalue weighted by Crippen LogP contribution is -2.48. The van der Waals surface area contributed by atoms with Gasteiger partial charge in [-0.25, -0.2) is 0 Å². The van der Waals surface area contributed by atoms with Gasteiger partial charge in [0.2, 0.25) is 0 Å². The lowest BCUT2D eigenvalue weighted by molar-refractivity contribution is 0.0518. The first-order chi connectivity index (χ1) is 7.67. The Labute approximate surface area is 109 Å². The van der Waals surface area contributed by atoms with Crippen molar-refractivity contribution in [2.45, 2.75) is 57.9 Å². The second-order valence-electron chi connectivity index (χ2n) is 6.23. The predicted molar refractivity (Wildman–Crippen MR) is 74.1 cm³/mol. The van der Waals surface area contributed by atoms with E-state index in [2.05, 4.69) is 34.8 Å². The third-order valence-electron chi connectivity index (χ3n) is 4.91. The van der Waals surface area contributed by atoms with Gasteiger partial charge in [-0.3, -0.25) is 0 Å². The van der Waals surface area contributed by atoms with Gasteiger partial charge in [-0.2, -0.15) is 0 Å². The van der Waals surface area contributed by atoms with E-state index in [4.69, 9.17) is 0 Å². The Balaban J connectivity index is 1.88. The number of nitrogens with zero attached hydrogens (tertiary/aromatic N) is 1. The highest BCUT2D eigenvalue weighted by molar-refractivity contribution is 9.09. The SMILES string of the molecule is CC1CCCCC1N(C)CC1(CBr)CCC1. The van der Waals surface area contributed by atoms with Crippen LogP contribution in [0.3, 0.4) is 0 Å². The fourth-order valence-electron chi connectivity index (χ4n) is 3.61. The van der Waals surface area contributed by atoms with Crippen LogP contribution in [0.15, 0.2) is 0 Å². The molecule has 2 saturated carbocycles. The first-order valence-corrected chi connectivity index (χ1v) is 8.05. The van der Waals surface area contributed by atoms with Crippen molar-refractivity contribution in [3.05, 3.63) is 0 Å². The van der Waals surface area contributed by atoms with Crippen molar-refractivity contribution in [2.24, 2.45) is 11.3 Å². The van der Waals surface area contributed by atoms with Crippen LogP contribution in [0.4, 0.5) is 0 Å². The van der Waals surface area contributed by atoms with Crippen LogP contribution in [0.5, 0.6) is 0 Å². The number of alkyl halides is 1. The molecule has 0 aliphatic heterocycles. The summed E-state index contributed by atoms with van der Waals surface area (Å²) in [6.45, 7) is 3.76. The Hall–Kier alpha value is 0.440. The van der Waals surface area contributed by atoms with E-state index < -0.39 is 0 Å². The average molecular weight is 288 g/mol. The minimum Gasteiger partial charge on any atom is -0.303 e. The summed E-state index contributed by atoms with van der Waals surface area (Å²) >= 11 is 3.72. The zero-order chi connectivity index (χ0) is 11.6. The summed E-state index contributed by atoms with van der Waals surface area (Å²) in [5.74, 6) is 0.909. The maximum Gasteiger partial charge on any atom is 0.0118 e. The second kappa shape index (κ2) is 5.39. The molecule has 16 heavy (non-hydrogen) atoms. The predicted octanol–water partition coefficient (Wildman–Crippen LogP) is 4.06. The van der Waals surface area contributed by atoms with E-state index in [1.165, 1.54) is 56.8 Å². The van der Waals surface area contributed by atoms with Crippen LogP contribution >= 0.6 is 15.9 Å². The van der Waals surface area contributed by atoms with Gasteiger partial charge in [0.05, 0.1) is 0 Å². The van der Waals surface area contributed by atoms with E-state index in [-0.39, 0.29) is 0 Å². The number of rotatable bonds is 4. The monoisotopic (exact) mass is 287 g/mol. The molecule has 0 aromatic heterocycles. The van der Waals surface area contributed by atoms with Crippen molar-refractivity contribution >= 4 is 15.9 Å². The van der Waals surface area contributed by atoms with Crippen LogP contribution < -0.4 is 0 Å². The van der Waals surface area contributed by atoms with Gasteiger partial charge in [0, 0.05) is 17.9 Å². The van der Waals surface area contributed by atoms with Crippen LogP contribution in [-0.2, 0) is 0 Å². The standard InChI is InChI=1S/C14H26BrN/c1-12-6-3-4-7-13(12)16(2)11-14(10-15)8-5-9-14/h12-13H,3-11H2,1-2H3. The molecule has 0 spiro atoms. The minimum absolute atomic E-state index is 0.617. The quantitative estimate of drug-likeness (QED) is 0.705. The number of hydrogen-bond acceptors (Lipinski definition) is 1. The first kappa shape index (κ1) is 12.9. The van der Waals surface area contributed by atoms with Gasteiger partial charge >= 0.3 is 0 Å². The van der Waals surface area contributed by atoms with Crippen molar-refractivity contribution in [1.29, 1.82) is 0 Å². The Morgan fingerprint density at radius 3 is 2.38 bits per heavy atom. The molecule has 2 heteroatoms. The summed E-state index contributed by atoms with van der Waals surface area (Å²) in [6.07, 6.45) is 10.1. The second-order valence-corrected chi connectivity index (χ2v) is 6.79. The molecule has 0 amide bonds. The van der Waals surface area contributed by atoms with Crippen molar-refractivity contribution in [2.75, 3.05) is 18.9 Å². The van der Waals surface area contributed by atoms with E-state index in [1.54, 1.807) is 0 Å². The molecule has 0 radical (unpaired) electrons. The molecule has 0 aromatic rings. The van der Waals surface area contributed by atoms with E-state index in [9.17, 15) is 0 Å². The minimum atomic E-state index is 0.617. The normalized spacial score (nSPS) is 33.8. The fourth-order valence-corrected chi connectivity index (χ4v) is 4.35. The highest BCUT2D eigenvalue weighted by Gasteiger charge is 2.38. The van der Waals surface area contributed by atoms with Crippen molar-refractivity contribution < 1.29 is 0 Å². The molecule has 0 aromatic carbocycles. The van der Waals surface area contributed by atoms with E-state index >= 15 is 0 Å². The van der Waals surface area contributed by atoms with Gasteiger partial charge in [0.15, 0.2) is 0 Å². The third-order valence-corrected chi connectivity index (χ3v) is 6.10. The maximum absolute atomic E-state index is 3.72. The zero-order valence-corrected chi connectivity index (χ0v) is 12.4. The highest BCUT2D eigenvalue weighted by atomic mass is 79.9. The summed E-state index contributed by atoms with van der Waals surface area (Å²) in [5, 5.41) is 1.20. The molecule has 0 bridgehead atoms. The topological polar surface area (TPSA) is 3.24 Å². The number of halogens is 1. The van der Waals surface area contributed by atoms with Crippen LogP contribution in [-0.4, -0.2) is 29.9 Å². The van der Waals surface area contributed by atoms with E-state index in [1.807, 2.05) is 0 Å². The molecule has 2 aliphatic carbocycles. The van der Waals surface area contributed by atoms with Crippen molar-refractivity contribution in [3.8, 4) is 0 Å². The average Bonchev–Trinajstić information content (AvgIpc) is 2.24. The highest BCUT2D eigenvalue weighted by Crippen LogP contribution is 2.43. The van der Waals surface area contributed by atoms with Crippen molar-refractivity contribution in [1.82, 2.24) is 4.90 Å². The molecule has 0 heterocycles. The van der Waals surface area contributed by atoms with Gasteiger partial charge in [-0.1, -0.05) is 42.1 Å². The van der Waals surface area contributed by atoms with Crippen LogP contribution in [0, 0.1) is 11.3 Å². The Kier molecular flexibility index (Phi) is 4.34. The summed E-state index contributed by atoms with van der Waals surface area (Å²) < 4.78 is 0. The molecule has 1 nitrogen and oxygen atoms in total. The number of hydrogen-bond donors (Lipinski definition) is 0. The third kappa shape index (κ3) is 2.64. The molecule has 2 rings (SSSR count). The van der Waals surface area contributed by atoms with Gasteiger partial charge in [-0.05, 0) is 44.1 Å². The zero-order valence-electron chi connectivity index (χ0n) is 10.8. The van der Waals surface area contributed by atoms with Gasteiger partial charge in [-0.15, -0.1) is 0 Å². The van der Waals surface area contributed by atoms with E-state index in [0.29, 0.717) is 5.41 Å². The smallest absolute Gasteiger partial charge is 0.0118 e. The van der Waals surface area contributed by atoms with Gasteiger partial charge in [0.25, 0.3) is 0 Å². The molecule has 0 N–H and O–H groups in total. The van der Waals surface area contributed by atoms with E-state index in [0.717, 1.165) is 12.0 Å². The van der Waals surface area contributed by atoms with Crippen LogP contribution in [0.25, 0.3) is 0 Å². The van der Waals surface area contributed by atoms with Crippen molar-refractivity contribution in [3.63, 3.8) is 0 Å². The van der Waals surface area contributed by atoms with Crippen LogP contribution in [0.1, 0.15) is 51.9 Å². The summed E-state index contributed by atoms with van der Waals surface area (Å²) in [7, 11) is 2.36. The van der Waals surface area contributed by atoms with Crippen LogP contribution in [0.2, 0.25) is 0 Å². The Bertz CT molecular complexity index is 219.